The Kier molecular flexibility index (Phi) is 5.59. The zero-order valence-corrected chi connectivity index (χ0v) is 15.9. The first-order valence-corrected chi connectivity index (χ1v) is 9.66. The van der Waals surface area contributed by atoms with Crippen LogP contribution < -0.4 is 4.74 Å². The van der Waals surface area contributed by atoms with Crippen LogP contribution in [0.5, 0.6) is 5.75 Å². The molecule has 1 spiro atoms. The summed E-state index contributed by atoms with van der Waals surface area (Å²) < 4.78 is 6.18. The molecule has 1 aromatic rings. The van der Waals surface area contributed by atoms with E-state index < -0.39 is 0 Å². The summed E-state index contributed by atoms with van der Waals surface area (Å²) in [6.45, 7) is 5.61. The fourth-order valence-corrected chi connectivity index (χ4v) is 4.35. The maximum atomic E-state index is 12.3. The summed E-state index contributed by atoms with van der Waals surface area (Å²) in [4.78, 5) is 14.2. The highest BCUT2D eigenvalue weighted by atomic mass is 35.5. The van der Waals surface area contributed by atoms with E-state index in [1.54, 1.807) is 0 Å². The Morgan fingerprint density at radius 3 is 2.64 bits per heavy atom. The van der Waals surface area contributed by atoms with Crippen LogP contribution in [-0.4, -0.2) is 41.7 Å². The molecule has 1 atom stereocenters. The lowest BCUT2D eigenvalue weighted by atomic mass is 9.67. The van der Waals surface area contributed by atoms with Gasteiger partial charge in [0.25, 0.3) is 0 Å². The Morgan fingerprint density at radius 1 is 1.40 bits per heavy atom. The smallest absolute Gasteiger partial charge is 0.228 e. The van der Waals surface area contributed by atoms with Gasteiger partial charge in [0.1, 0.15) is 5.75 Å². The molecule has 1 aliphatic carbocycles. The SMILES string of the molecule is CC[C@H](CO)C(=O)N1CC2(CCC(Oc3ccc(Cl)cc3C)CC2)C1. The van der Waals surface area contributed by atoms with Gasteiger partial charge in [-0.25, -0.2) is 0 Å². The number of ether oxygens (including phenoxy) is 1. The van der Waals surface area contributed by atoms with E-state index in [-0.39, 0.29) is 30.0 Å². The number of carbonyl (C=O) groups excluding carboxylic acids is 1. The molecule has 2 fully saturated rings. The molecule has 3 rings (SSSR count). The average molecular weight is 366 g/mol. The van der Waals surface area contributed by atoms with Crippen molar-refractivity contribution in [1.82, 2.24) is 4.90 Å². The van der Waals surface area contributed by atoms with Gasteiger partial charge in [-0.05, 0) is 62.8 Å². The first-order chi connectivity index (χ1) is 12.0. The number of hydrogen-bond donors (Lipinski definition) is 1. The van der Waals surface area contributed by atoms with Crippen molar-refractivity contribution < 1.29 is 14.6 Å². The highest BCUT2D eigenvalue weighted by Gasteiger charge is 2.47. The lowest BCUT2D eigenvalue weighted by molar-refractivity contribution is -0.152. The number of halogens is 1. The topological polar surface area (TPSA) is 49.8 Å². The van der Waals surface area contributed by atoms with Gasteiger partial charge in [-0.15, -0.1) is 0 Å². The number of aliphatic hydroxyl groups is 1. The number of likely N-dealkylation sites (tertiary alicyclic amines) is 1. The second-order valence-electron chi connectivity index (χ2n) is 7.71. The number of benzene rings is 1. The fraction of sp³-hybridized carbons (Fsp3) is 0.650. The van der Waals surface area contributed by atoms with Crippen molar-refractivity contribution in [3.05, 3.63) is 28.8 Å². The molecule has 1 heterocycles. The number of nitrogens with zero attached hydrogens (tertiary/aromatic N) is 1. The van der Waals surface area contributed by atoms with Gasteiger partial charge < -0.3 is 14.7 Å². The van der Waals surface area contributed by atoms with E-state index in [9.17, 15) is 9.90 Å². The monoisotopic (exact) mass is 365 g/mol. The first-order valence-electron chi connectivity index (χ1n) is 9.29. The van der Waals surface area contributed by atoms with Crippen molar-refractivity contribution in [2.24, 2.45) is 11.3 Å². The predicted molar refractivity (Wildman–Crippen MR) is 99.0 cm³/mol. The van der Waals surface area contributed by atoms with Gasteiger partial charge in [0.15, 0.2) is 0 Å². The standard InChI is InChI=1S/C20H28ClNO3/c1-3-15(11-23)19(24)22-12-20(13-22)8-6-17(7-9-20)25-18-5-4-16(21)10-14(18)2/h4-5,10,15,17,23H,3,6-9,11-13H2,1-2H3/t15-/m1/s1. The number of amides is 1. The number of aliphatic hydroxyl groups excluding tert-OH is 1. The van der Waals surface area contributed by atoms with Gasteiger partial charge in [0.05, 0.1) is 18.6 Å². The van der Waals surface area contributed by atoms with Crippen LogP contribution >= 0.6 is 11.6 Å². The Labute approximate surface area is 155 Å². The molecular formula is C20H28ClNO3. The van der Waals surface area contributed by atoms with E-state index in [0.717, 1.165) is 55.1 Å². The molecule has 0 radical (unpaired) electrons. The third-order valence-electron chi connectivity index (χ3n) is 5.85. The lowest BCUT2D eigenvalue weighted by Gasteiger charge is -2.54. The maximum absolute atomic E-state index is 12.3. The van der Waals surface area contributed by atoms with Gasteiger partial charge in [0, 0.05) is 23.5 Å². The largest absolute Gasteiger partial charge is 0.490 e. The van der Waals surface area contributed by atoms with Crippen molar-refractivity contribution >= 4 is 17.5 Å². The summed E-state index contributed by atoms with van der Waals surface area (Å²) in [5.74, 6) is 0.806. The first kappa shape index (κ1) is 18.5. The molecule has 1 amide bonds. The molecule has 1 aromatic carbocycles. The van der Waals surface area contributed by atoms with Gasteiger partial charge in [-0.1, -0.05) is 18.5 Å². The molecule has 2 aliphatic rings. The minimum atomic E-state index is -0.232. The van der Waals surface area contributed by atoms with Crippen molar-refractivity contribution in [2.75, 3.05) is 19.7 Å². The Balaban J connectivity index is 1.49. The summed E-state index contributed by atoms with van der Waals surface area (Å²) in [6, 6.07) is 5.75. The van der Waals surface area contributed by atoms with Crippen molar-refractivity contribution in [1.29, 1.82) is 0 Å². The molecule has 4 nitrogen and oxygen atoms in total. The van der Waals surface area contributed by atoms with Crippen LogP contribution in [0.15, 0.2) is 18.2 Å². The van der Waals surface area contributed by atoms with Crippen LogP contribution in [0.2, 0.25) is 5.02 Å². The molecule has 0 bridgehead atoms. The van der Waals surface area contributed by atoms with E-state index in [0.29, 0.717) is 6.42 Å². The van der Waals surface area contributed by atoms with E-state index in [1.165, 1.54) is 0 Å². The lowest BCUT2D eigenvalue weighted by Crippen LogP contribution is -2.61. The maximum Gasteiger partial charge on any atom is 0.228 e. The second kappa shape index (κ2) is 7.55. The number of rotatable bonds is 5. The molecule has 1 saturated heterocycles. The van der Waals surface area contributed by atoms with Crippen LogP contribution in [0.25, 0.3) is 0 Å². The van der Waals surface area contributed by atoms with E-state index in [2.05, 4.69) is 0 Å². The van der Waals surface area contributed by atoms with Crippen LogP contribution in [0.4, 0.5) is 0 Å². The van der Waals surface area contributed by atoms with Crippen LogP contribution in [0.3, 0.4) is 0 Å². The summed E-state index contributed by atoms with van der Waals surface area (Å²) in [6.07, 6.45) is 5.21. The van der Waals surface area contributed by atoms with E-state index in [1.807, 2.05) is 36.9 Å². The van der Waals surface area contributed by atoms with Crippen molar-refractivity contribution in [3.8, 4) is 5.75 Å². The third-order valence-corrected chi connectivity index (χ3v) is 6.09. The minimum Gasteiger partial charge on any atom is -0.490 e. The van der Waals surface area contributed by atoms with Crippen LogP contribution in [0.1, 0.15) is 44.6 Å². The normalized spacial score (nSPS) is 21.0. The van der Waals surface area contributed by atoms with Crippen LogP contribution in [0, 0.1) is 18.3 Å². The zero-order chi connectivity index (χ0) is 18.0. The Morgan fingerprint density at radius 2 is 2.08 bits per heavy atom. The molecule has 5 heteroatoms. The third kappa shape index (κ3) is 3.95. The van der Waals surface area contributed by atoms with Crippen LogP contribution in [-0.2, 0) is 4.79 Å². The van der Waals surface area contributed by atoms with E-state index >= 15 is 0 Å². The molecule has 1 aliphatic heterocycles. The molecule has 1 N–H and O–H groups in total. The van der Waals surface area contributed by atoms with Gasteiger partial charge in [-0.3, -0.25) is 4.79 Å². The summed E-state index contributed by atoms with van der Waals surface area (Å²) in [5, 5.41) is 10.0. The highest BCUT2D eigenvalue weighted by molar-refractivity contribution is 6.30. The molecule has 138 valence electrons. The van der Waals surface area contributed by atoms with Crippen molar-refractivity contribution in [3.63, 3.8) is 0 Å². The number of aryl methyl sites for hydroxylation is 1. The zero-order valence-electron chi connectivity index (χ0n) is 15.1. The van der Waals surface area contributed by atoms with Gasteiger partial charge in [-0.2, -0.15) is 0 Å². The minimum absolute atomic E-state index is 0.0464. The molecule has 0 unspecified atom stereocenters. The fourth-order valence-electron chi connectivity index (χ4n) is 4.12. The van der Waals surface area contributed by atoms with Gasteiger partial charge >= 0.3 is 0 Å². The van der Waals surface area contributed by atoms with Crippen molar-refractivity contribution in [2.45, 2.75) is 52.1 Å². The second-order valence-corrected chi connectivity index (χ2v) is 8.15. The van der Waals surface area contributed by atoms with E-state index in [4.69, 9.17) is 16.3 Å². The Hall–Kier alpha value is -1.26. The summed E-state index contributed by atoms with van der Waals surface area (Å²) in [7, 11) is 0. The van der Waals surface area contributed by atoms with Gasteiger partial charge in [0.2, 0.25) is 5.91 Å². The average Bonchev–Trinajstić information content (AvgIpc) is 2.57. The Bertz CT molecular complexity index is 613. The predicted octanol–water partition coefficient (Wildman–Crippen LogP) is 3.82. The number of hydrogen-bond acceptors (Lipinski definition) is 3. The molecule has 0 aromatic heterocycles. The summed E-state index contributed by atoms with van der Waals surface area (Å²) >= 11 is 6.00. The number of carbonyl (C=O) groups is 1. The summed E-state index contributed by atoms with van der Waals surface area (Å²) in [5.41, 5.74) is 1.35. The molecule has 25 heavy (non-hydrogen) atoms. The molecular weight excluding hydrogens is 338 g/mol. The highest BCUT2D eigenvalue weighted by Crippen LogP contribution is 2.45. The molecule has 1 saturated carbocycles. The quantitative estimate of drug-likeness (QED) is 0.863.